The second kappa shape index (κ2) is 6.19. The van der Waals surface area contributed by atoms with E-state index in [0.717, 1.165) is 17.7 Å². The Bertz CT molecular complexity index is 394. The predicted octanol–water partition coefficient (Wildman–Crippen LogP) is 3.79. The van der Waals surface area contributed by atoms with Crippen molar-refractivity contribution in [3.8, 4) is 5.75 Å². The maximum absolute atomic E-state index is 10.3. The molecule has 2 aliphatic rings. The predicted molar refractivity (Wildman–Crippen MR) is 79.7 cm³/mol. The molecule has 1 N–H and O–H groups in total. The summed E-state index contributed by atoms with van der Waals surface area (Å²) in [6.45, 7) is 0. The first-order chi connectivity index (χ1) is 9.31. The number of aliphatic hydroxyl groups excluding tert-OH is 1. The number of hydrogen-bond donors (Lipinski definition) is 1. The van der Waals surface area contributed by atoms with Gasteiger partial charge in [-0.05, 0) is 67.2 Å². The van der Waals surface area contributed by atoms with Gasteiger partial charge in [-0.1, -0.05) is 12.1 Å². The van der Waals surface area contributed by atoms with E-state index in [0.29, 0.717) is 12.0 Å². The van der Waals surface area contributed by atoms with Crippen LogP contribution in [0.5, 0.6) is 5.75 Å². The van der Waals surface area contributed by atoms with Gasteiger partial charge in [0, 0.05) is 0 Å². The molecule has 2 nitrogen and oxygen atoms in total. The molecule has 104 valence electrons. The Morgan fingerprint density at radius 1 is 1.11 bits per heavy atom. The van der Waals surface area contributed by atoms with Gasteiger partial charge >= 0.3 is 0 Å². The average molecular weight is 278 g/mol. The number of ether oxygens (including phenoxy) is 1. The summed E-state index contributed by atoms with van der Waals surface area (Å²) in [6.07, 6.45) is 5.91. The fourth-order valence-corrected chi connectivity index (χ4v) is 3.78. The lowest BCUT2D eigenvalue weighted by atomic mass is 9.92. The van der Waals surface area contributed by atoms with Crippen molar-refractivity contribution in [3.05, 3.63) is 29.8 Å². The van der Waals surface area contributed by atoms with Crippen LogP contribution >= 0.6 is 11.8 Å². The van der Waals surface area contributed by atoms with Gasteiger partial charge in [0.15, 0.2) is 0 Å². The highest BCUT2D eigenvalue weighted by atomic mass is 32.2. The van der Waals surface area contributed by atoms with Crippen LogP contribution in [0.4, 0.5) is 0 Å². The molecule has 0 bridgehead atoms. The molecule has 1 aromatic carbocycles. The van der Waals surface area contributed by atoms with E-state index in [1.165, 1.54) is 37.2 Å². The minimum atomic E-state index is -0.317. The second-order valence-corrected chi connectivity index (χ2v) is 6.92. The molecule has 1 saturated carbocycles. The van der Waals surface area contributed by atoms with Crippen LogP contribution in [0.3, 0.4) is 0 Å². The van der Waals surface area contributed by atoms with Crippen molar-refractivity contribution < 1.29 is 9.84 Å². The van der Waals surface area contributed by atoms with Gasteiger partial charge in [0.25, 0.3) is 0 Å². The summed E-state index contributed by atoms with van der Waals surface area (Å²) in [4.78, 5) is 0. The van der Waals surface area contributed by atoms with E-state index < -0.39 is 0 Å². The fourth-order valence-electron chi connectivity index (χ4n) is 2.58. The molecule has 0 aromatic heterocycles. The van der Waals surface area contributed by atoms with Crippen molar-refractivity contribution in [1.29, 1.82) is 0 Å². The zero-order valence-corrected chi connectivity index (χ0v) is 12.1. The van der Waals surface area contributed by atoms with Crippen LogP contribution in [-0.4, -0.2) is 22.7 Å². The zero-order valence-electron chi connectivity index (χ0n) is 11.3. The van der Waals surface area contributed by atoms with E-state index in [1.54, 1.807) is 0 Å². The molecule has 1 saturated heterocycles. The molecule has 19 heavy (non-hydrogen) atoms. The maximum atomic E-state index is 10.3. The molecule has 0 spiro atoms. The van der Waals surface area contributed by atoms with Crippen LogP contribution in [0.25, 0.3) is 0 Å². The average Bonchev–Trinajstić information content (AvgIpc) is 3.25. The minimum absolute atomic E-state index is 0.317. The smallest absolute Gasteiger partial charge is 0.119 e. The van der Waals surface area contributed by atoms with Gasteiger partial charge in [-0.25, -0.2) is 0 Å². The highest BCUT2D eigenvalue weighted by molar-refractivity contribution is 7.99. The Labute approximate surface area is 119 Å². The first kappa shape index (κ1) is 13.3. The van der Waals surface area contributed by atoms with Crippen molar-refractivity contribution >= 4 is 11.8 Å². The van der Waals surface area contributed by atoms with Crippen LogP contribution in [0.2, 0.25) is 0 Å². The second-order valence-electron chi connectivity index (χ2n) is 5.69. The monoisotopic (exact) mass is 278 g/mol. The summed E-state index contributed by atoms with van der Waals surface area (Å²) >= 11 is 2.04. The van der Waals surface area contributed by atoms with E-state index in [1.807, 2.05) is 36.0 Å². The first-order valence-corrected chi connectivity index (χ1v) is 8.49. The fraction of sp³-hybridized carbons (Fsp3) is 0.625. The van der Waals surface area contributed by atoms with Gasteiger partial charge in [-0.3, -0.25) is 0 Å². The Morgan fingerprint density at radius 2 is 1.79 bits per heavy atom. The van der Waals surface area contributed by atoms with E-state index in [-0.39, 0.29) is 6.10 Å². The number of aliphatic hydroxyl groups is 1. The molecule has 0 radical (unpaired) electrons. The van der Waals surface area contributed by atoms with E-state index in [4.69, 9.17) is 4.74 Å². The lowest BCUT2D eigenvalue weighted by molar-refractivity contribution is 0.141. The number of hydrogen-bond acceptors (Lipinski definition) is 3. The topological polar surface area (TPSA) is 29.5 Å². The SMILES string of the molecule is OC(CC1CCSCC1)c1ccc(OC2CC2)cc1. The van der Waals surface area contributed by atoms with Gasteiger partial charge in [0.2, 0.25) is 0 Å². The number of rotatable bonds is 5. The molecular formula is C16H22O2S. The molecule has 1 aromatic rings. The van der Waals surface area contributed by atoms with Crippen molar-refractivity contribution in [3.63, 3.8) is 0 Å². The number of thioether (sulfide) groups is 1. The maximum Gasteiger partial charge on any atom is 0.119 e. The summed E-state index contributed by atoms with van der Waals surface area (Å²) in [5, 5.41) is 10.3. The highest BCUT2D eigenvalue weighted by Crippen LogP contribution is 2.32. The summed E-state index contributed by atoms with van der Waals surface area (Å²) in [5.74, 6) is 4.14. The lowest BCUT2D eigenvalue weighted by Crippen LogP contribution is -2.13. The quantitative estimate of drug-likeness (QED) is 0.888. The Kier molecular flexibility index (Phi) is 4.34. The van der Waals surface area contributed by atoms with Gasteiger partial charge < -0.3 is 9.84 Å². The molecule has 1 aliphatic heterocycles. The van der Waals surface area contributed by atoms with E-state index >= 15 is 0 Å². The molecule has 0 amide bonds. The first-order valence-electron chi connectivity index (χ1n) is 7.33. The Hall–Kier alpha value is -0.670. The molecule has 3 heteroatoms. The standard InChI is InChI=1S/C16H22O2S/c17-16(11-12-7-9-19-10-8-12)13-1-3-14(4-2-13)18-15-5-6-15/h1-4,12,15-17H,5-11H2. The number of benzene rings is 1. The molecule has 1 aliphatic carbocycles. The molecular weight excluding hydrogens is 256 g/mol. The zero-order chi connectivity index (χ0) is 13.1. The van der Waals surface area contributed by atoms with Crippen LogP contribution in [0, 0.1) is 5.92 Å². The van der Waals surface area contributed by atoms with Crippen LogP contribution in [0.15, 0.2) is 24.3 Å². The van der Waals surface area contributed by atoms with Crippen LogP contribution < -0.4 is 4.74 Å². The summed E-state index contributed by atoms with van der Waals surface area (Å²) < 4.78 is 5.73. The Morgan fingerprint density at radius 3 is 2.42 bits per heavy atom. The third-order valence-corrected chi connectivity index (χ3v) is 5.04. The minimum Gasteiger partial charge on any atom is -0.490 e. The third-order valence-electron chi connectivity index (χ3n) is 3.99. The van der Waals surface area contributed by atoms with Gasteiger partial charge in [0.1, 0.15) is 5.75 Å². The lowest BCUT2D eigenvalue weighted by Gasteiger charge is -2.24. The normalized spacial score (nSPS) is 22.2. The molecule has 3 rings (SSSR count). The van der Waals surface area contributed by atoms with Crippen molar-refractivity contribution in [2.45, 2.75) is 44.3 Å². The third kappa shape index (κ3) is 3.90. The molecule has 1 atom stereocenters. The summed E-state index contributed by atoms with van der Waals surface area (Å²) in [7, 11) is 0. The summed E-state index contributed by atoms with van der Waals surface area (Å²) in [6, 6.07) is 8.01. The van der Waals surface area contributed by atoms with Crippen LogP contribution in [0.1, 0.15) is 43.8 Å². The van der Waals surface area contributed by atoms with Crippen molar-refractivity contribution in [2.24, 2.45) is 5.92 Å². The summed E-state index contributed by atoms with van der Waals surface area (Å²) in [5.41, 5.74) is 1.03. The van der Waals surface area contributed by atoms with E-state index in [9.17, 15) is 5.11 Å². The van der Waals surface area contributed by atoms with E-state index in [2.05, 4.69) is 0 Å². The largest absolute Gasteiger partial charge is 0.490 e. The van der Waals surface area contributed by atoms with Crippen LogP contribution in [-0.2, 0) is 0 Å². The van der Waals surface area contributed by atoms with Gasteiger partial charge in [0.05, 0.1) is 12.2 Å². The van der Waals surface area contributed by atoms with Crippen molar-refractivity contribution in [2.75, 3.05) is 11.5 Å². The van der Waals surface area contributed by atoms with Gasteiger partial charge in [-0.15, -0.1) is 0 Å². The molecule has 2 fully saturated rings. The Balaban J connectivity index is 1.54. The molecule has 1 heterocycles. The van der Waals surface area contributed by atoms with Crippen molar-refractivity contribution in [1.82, 2.24) is 0 Å². The highest BCUT2D eigenvalue weighted by Gasteiger charge is 2.23. The van der Waals surface area contributed by atoms with Gasteiger partial charge in [-0.2, -0.15) is 11.8 Å². The molecule has 1 unspecified atom stereocenters.